The van der Waals surface area contributed by atoms with Gasteiger partial charge in [-0.1, -0.05) is 38.1 Å². The van der Waals surface area contributed by atoms with E-state index in [2.05, 4.69) is 16.6 Å². The predicted octanol–water partition coefficient (Wildman–Crippen LogP) is 5.93. The Morgan fingerprint density at radius 1 is 1.31 bits per heavy atom. The largest absolute Gasteiger partial charge is 0.347 e. The van der Waals surface area contributed by atoms with E-state index in [0.717, 1.165) is 5.56 Å². The molecule has 8 nitrogen and oxygen atoms in total. The van der Waals surface area contributed by atoms with E-state index >= 15 is 4.39 Å². The number of carbonyl (C=O) groups is 2. The first-order chi connectivity index (χ1) is 20.2. The van der Waals surface area contributed by atoms with E-state index in [0.29, 0.717) is 48.6 Å². The minimum absolute atomic E-state index is 0.0373. The molecule has 1 aliphatic carbocycles. The molecule has 4 rings (SSSR count). The van der Waals surface area contributed by atoms with E-state index < -0.39 is 18.5 Å². The number of anilines is 2. The van der Waals surface area contributed by atoms with Gasteiger partial charge in [-0.3, -0.25) is 24.5 Å². The van der Waals surface area contributed by atoms with Crippen molar-refractivity contribution in [1.29, 1.82) is 0 Å². The van der Waals surface area contributed by atoms with Crippen LogP contribution >= 0.6 is 11.6 Å². The lowest BCUT2D eigenvalue weighted by molar-refractivity contribution is -0.128. The number of amides is 2. The van der Waals surface area contributed by atoms with E-state index in [4.69, 9.17) is 16.6 Å². The van der Waals surface area contributed by atoms with Gasteiger partial charge >= 0.3 is 0 Å². The van der Waals surface area contributed by atoms with Gasteiger partial charge in [0.05, 0.1) is 33.7 Å². The molecule has 222 valence electrons. The number of aryl methyl sites for hydroxylation is 1. The van der Waals surface area contributed by atoms with Crippen molar-refractivity contribution in [3.63, 3.8) is 0 Å². The molecule has 3 heterocycles. The fourth-order valence-corrected chi connectivity index (χ4v) is 5.64. The van der Waals surface area contributed by atoms with Gasteiger partial charge in [-0.15, -0.1) is 0 Å². The molecule has 0 N–H and O–H groups in total. The zero-order chi connectivity index (χ0) is 30.6. The molecule has 0 saturated carbocycles. The molecule has 1 fully saturated rings. The summed E-state index contributed by atoms with van der Waals surface area (Å²) in [5.74, 6) is -0.270. The number of piperazine rings is 1. The first kappa shape index (κ1) is 31.0. The van der Waals surface area contributed by atoms with Crippen molar-refractivity contribution in [2.75, 3.05) is 38.3 Å². The molecule has 42 heavy (non-hydrogen) atoms. The smallest absolute Gasteiger partial charge is 0.246 e. The number of nitrogens with zero attached hydrogens (tertiary/aromatic N) is 6. The molecule has 1 atom stereocenters. The SMILES string of the molecule is C=CC(=O)N1CCN(/C(=N/C)c2cc(Cl)c(C3=CCCC=C3F)nc2N(C=O)c2c(C)ccnc2C(C)C)C(CF)C1. The van der Waals surface area contributed by atoms with Gasteiger partial charge in [0.2, 0.25) is 12.3 Å². The van der Waals surface area contributed by atoms with Crippen molar-refractivity contribution < 1.29 is 18.4 Å². The highest BCUT2D eigenvalue weighted by Gasteiger charge is 2.34. The molecule has 11 heteroatoms. The summed E-state index contributed by atoms with van der Waals surface area (Å²) in [6.07, 6.45) is 7.91. The van der Waals surface area contributed by atoms with Gasteiger partial charge in [-0.05, 0) is 55.5 Å². The zero-order valence-electron chi connectivity index (χ0n) is 24.3. The Balaban J connectivity index is 1.95. The Hall–Kier alpha value is -3.92. The highest BCUT2D eigenvalue weighted by Crippen LogP contribution is 2.39. The zero-order valence-corrected chi connectivity index (χ0v) is 25.0. The van der Waals surface area contributed by atoms with Crippen LogP contribution in [0.15, 0.2) is 54.0 Å². The van der Waals surface area contributed by atoms with Crippen molar-refractivity contribution in [3.05, 3.63) is 76.5 Å². The monoisotopic (exact) mass is 596 g/mol. The van der Waals surface area contributed by atoms with Crippen LogP contribution in [0.1, 0.15) is 55.1 Å². The lowest BCUT2D eigenvalue weighted by Crippen LogP contribution is -2.57. The fraction of sp³-hybridized carbons (Fsp3) is 0.387. The molecular formula is C31H35ClF2N6O2. The van der Waals surface area contributed by atoms with Gasteiger partial charge in [0.25, 0.3) is 0 Å². The summed E-state index contributed by atoms with van der Waals surface area (Å²) >= 11 is 6.77. The average Bonchev–Trinajstić information content (AvgIpc) is 2.99. The van der Waals surface area contributed by atoms with Gasteiger partial charge in [-0.2, -0.15) is 0 Å². The van der Waals surface area contributed by atoms with Gasteiger partial charge < -0.3 is 9.80 Å². The van der Waals surface area contributed by atoms with Crippen LogP contribution in [0.2, 0.25) is 5.02 Å². The molecule has 0 radical (unpaired) electrons. The van der Waals surface area contributed by atoms with Crippen LogP contribution in [0.4, 0.5) is 20.3 Å². The lowest BCUT2D eigenvalue weighted by Gasteiger charge is -2.42. The van der Waals surface area contributed by atoms with Gasteiger partial charge in [0.15, 0.2) is 5.82 Å². The number of amidine groups is 1. The van der Waals surface area contributed by atoms with Crippen molar-refractivity contribution in [2.24, 2.45) is 4.99 Å². The third kappa shape index (κ3) is 5.99. The maximum atomic E-state index is 15.0. The number of pyridine rings is 2. The summed E-state index contributed by atoms with van der Waals surface area (Å²) in [4.78, 5) is 43.8. The second-order valence-electron chi connectivity index (χ2n) is 10.5. The second kappa shape index (κ2) is 13.4. The summed E-state index contributed by atoms with van der Waals surface area (Å²) in [6.45, 7) is 9.29. The van der Waals surface area contributed by atoms with Gasteiger partial charge in [0, 0.05) is 38.5 Å². The molecule has 0 bridgehead atoms. The maximum absolute atomic E-state index is 15.0. The standard InChI is InChI=1S/C31H35ClF2N6O2/c1-6-26(42)38-13-14-39(21(16-33)17-38)30(35-5)23-15-24(32)28(22-9-7-8-10-25(22)34)37-31(23)40(18-41)29-20(4)11-12-36-27(29)19(2)3/h6,9-12,15,18-19,21H,1,7-8,13-14,16-17H2,2-5H3/b35-30+. The van der Waals surface area contributed by atoms with Crippen molar-refractivity contribution in [2.45, 2.75) is 45.6 Å². The van der Waals surface area contributed by atoms with E-state index in [1.54, 1.807) is 36.4 Å². The van der Waals surface area contributed by atoms with Crippen molar-refractivity contribution >= 4 is 46.8 Å². The molecule has 0 spiro atoms. The number of hydrogen-bond donors (Lipinski definition) is 0. The minimum atomic E-state index is -0.756. The Kier molecular flexibility index (Phi) is 9.88. The molecule has 0 aromatic carbocycles. The molecule has 2 aromatic heterocycles. The topological polar surface area (TPSA) is 82.0 Å². The molecule has 1 saturated heterocycles. The van der Waals surface area contributed by atoms with Crippen molar-refractivity contribution in [3.8, 4) is 0 Å². The fourth-order valence-electron chi connectivity index (χ4n) is 5.39. The Bertz CT molecular complexity index is 1470. The highest BCUT2D eigenvalue weighted by molar-refractivity contribution is 6.33. The number of allylic oxidation sites excluding steroid dienone is 4. The predicted molar refractivity (Wildman–Crippen MR) is 163 cm³/mol. The number of carbonyl (C=O) groups excluding carboxylic acids is 2. The number of alkyl halides is 1. The summed E-state index contributed by atoms with van der Waals surface area (Å²) in [7, 11) is 1.56. The van der Waals surface area contributed by atoms with E-state index in [1.807, 2.05) is 20.8 Å². The Morgan fingerprint density at radius 3 is 2.67 bits per heavy atom. The number of hydrogen-bond acceptors (Lipinski definition) is 5. The Morgan fingerprint density at radius 2 is 2.05 bits per heavy atom. The third-order valence-corrected chi connectivity index (χ3v) is 7.74. The van der Waals surface area contributed by atoms with Gasteiger partial charge in [0.1, 0.15) is 18.3 Å². The van der Waals surface area contributed by atoms with Crippen LogP contribution in [-0.4, -0.2) is 77.3 Å². The first-order valence-corrected chi connectivity index (χ1v) is 14.2. The molecule has 2 amide bonds. The van der Waals surface area contributed by atoms with Crippen LogP contribution in [0.25, 0.3) is 5.57 Å². The minimum Gasteiger partial charge on any atom is -0.347 e. The van der Waals surface area contributed by atoms with E-state index in [1.165, 1.54) is 22.0 Å². The lowest BCUT2D eigenvalue weighted by atomic mass is 10.00. The van der Waals surface area contributed by atoms with Crippen LogP contribution in [-0.2, 0) is 9.59 Å². The average molecular weight is 597 g/mol. The first-order valence-electron chi connectivity index (χ1n) is 13.8. The number of aromatic nitrogens is 2. The number of aliphatic imine (C=N–C) groups is 1. The summed E-state index contributed by atoms with van der Waals surface area (Å²) in [6, 6.07) is 2.67. The van der Waals surface area contributed by atoms with Crippen LogP contribution < -0.4 is 4.90 Å². The third-order valence-electron chi connectivity index (χ3n) is 7.45. The summed E-state index contributed by atoms with van der Waals surface area (Å²) < 4.78 is 29.5. The molecule has 1 unspecified atom stereocenters. The van der Waals surface area contributed by atoms with Gasteiger partial charge in [-0.25, -0.2) is 13.8 Å². The maximum Gasteiger partial charge on any atom is 0.246 e. The van der Waals surface area contributed by atoms with Crippen LogP contribution in [0.3, 0.4) is 0 Å². The Labute approximate surface area is 250 Å². The molecule has 1 aliphatic heterocycles. The van der Waals surface area contributed by atoms with E-state index in [-0.39, 0.29) is 47.0 Å². The molecule has 2 aliphatic rings. The summed E-state index contributed by atoms with van der Waals surface area (Å²) in [5.41, 5.74) is 2.77. The number of rotatable bonds is 8. The van der Waals surface area contributed by atoms with Crippen molar-refractivity contribution in [1.82, 2.24) is 19.8 Å². The summed E-state index contributed by atoms with van der Waals surface area (Å²) in [5, 5.41) is 0.154. The highest BCUT2D eigenvalue weighted by atomic mass is 35.5. The van der Waals surface area contributed by atoms with Crippen LogP contribution in [0, 0.1) is 6.92 Å². The normalized spacial score (nSPS) is 17.6. The second-order valence-corrected chi connectivity index (χ2v) is 10.9. The van der Waals surface area contributed by atoms with E-state index in [9.17, 15) is 14.0 Å². The van der Waals surface area contributed by atoms with Crippen LogP contribution in [0.5, 0.6) is 0 Å². The quantitative estimate of drug-likeness (QED) is 0.163. The molecular weight excluding hydrogens is 562 g/mol. The molecule has 2 aromatic rings. The number of halogens is 3.